The van der Waals surface area contributed by atoms with Crippen LogP contribution in [0, 0.1) is 13.8 Å². The van der Waals surface area contributed by atoms with Crippen molar-refractivity contribution in [1.29, 1.82) is 0 Å². The van der Waals surface area contributed by atoms with Crippen LogP contribution in [0.15, 0.2) is 30.3 Å². The number of aromatic nitrogens is 2. The number of carbonyl (C=O) groups excluding carboxylic acids is 1. The molecule has 1 amide bonds. The van der Waals surface area contributed by atoms with Gasteiger partial charge in [0.15, 0.2) is 0 Å². The van der Waals surface area contributed by atoms with Crippen LogP contribution in [0.2, 0.25) is 0 Å². The molecule has 0 radical (unpaired) electrons. The number of rotatable bonds is 6. The molecule has 0 bridgehead atoms. The van der Waals surface area contributed by atoms with Gasteiger partial charge in [-0.15, -0.1) is 0 Å². The fraction of sp³-hybridized carbons (Fsp3) is 0.353. The Morgan fingerprint density at radius 1 is 1.14 bits per heavy atom. The molecule has 0 saturated carbocycles. The van der Waals surface area contributed by atoms with E-state index in [1.54, 1.807) is 6.07 Å². The zero-order valence-corrected chi connectivity index (χ0v) is 13.3. The van der Waals surface area contributed by atoms with Crippen LogP contribution in [0.25, 0.3) is 0 Å². The molecule has 0 fully saturated rings. The number of aryl methyl sites for hydroxylation is 2. The number of hydrogen-bond donors (Lipinski definition) is 2. The number of nitrogens with zero attached hydrogens (tertiary/aromatic N) is 2. The lowest BCUT2D eigenvalue weighted by atomic mass is 10.2. The van der Waals surface area contributed by atoms with Crippen molar-refractivity contribution in [2.24, 2.45) is 0 Å². The van der Waals surface area contributed by atoms with Crippen LogP contribution < -0.4 is 10.6 Å². The van der Waals surface area contributed by atoms with E-state index >= 15 is 0 Å². The molecule has 0 aliphatic rings. The molecule has 0 saturated heterocycles. The highest BCUT2D eigenvalue weighted by atomic mass is 16.1. The van der Waals surface area contributed by atoms with Gasteiger partial charge in [0.1, 0.15) is 5.69 Å². The minimum Gasteiger partial charge on any atom is -0.351 e. The van der Waals surface area contributed by atoms with Crippen LogP contribution in [0.5, 0.6) is 0 Å². The molecule has 1 heterocycles. The number of benzene rings is 1. The Labute approximate surface area is 131 Å². The largest absolute Gasteiger partial charge is 0.351 e. The maximum Gasteiger partial charge on any atom is 0.270 e. The molecular weight excluding hydrogens is 276 g/mol. The predicted molar refractivity (Wildman–Crippen MR) is 88.5 cm³/mol. The van der Waals surface area contributed by atoms with Crippen LogP contribution in [0.1, 0.15) is 41.5 Å². The Bertz CT molecular complexity index is 638. The molecule has 0 unspecified atom stereocenters. The van der Waals surface area contributed by atoms with Gasteiger partial charge in [0.25, 0.3) is 5.91 Å². The molecule has 1 aromatic carbocycles. The number of carbonyl (C=O) groups is 1. The highest BCUT2D eigenvalue weighted by Crippen LogP contribution is 2.14. The fourth-order valence-electron chi connectivity index (χ4n) is 1.98. The standard InChI is InChI=1S/C17H22N4O/c1-4-5-10-18-16(22)15-11-13(3)19-17(21-15)20-14-8-6-12(2)7-9-14/h6-9,11H,4-5,10H2,1-3H3,(H,18,22)(H,19,20,21). The van der Waals surface area contributed by atoms with Gasteiger partial charge in [-0.3, -0.25) is 4.79 Å². The van der Waals surface area contributed by atoms with Crippen molar-refractivity contribution >= 4 is 17.5 Å². The average molecular weight is 298 g/mol. The highest BCUT2D eigenvalue weighted by molar-refractivity contribution is 5.92. The molecule has 0 spiro atoms. The first-order valence-corrected chi connectivity index (χ1v) is 7.56. The van der Waals surface area contributed by atoms with E-state index in [4.69, 9.17) is 0 Å². The van der Waals surface area contributed by atoms with Gasteiger partial charge in [0.05, 0.1) is 0 Å². The van der Waals surface area contributed by atoms with Gasteiger partial charge >= 0.3 is 0 Å². The Morgan fingerprint density at radius 3 is 2.55 bits per heavy atom. The summed E-state index contributed by atoms with van der Waals surface area (Å²) in [6, 6.07) is 9.64. The summed E-state index contributed by atoms with van der Waals surface area (Å²) in [5.74, 6) is 0.274. The zero-order valence-electron chi connectivity index (χ0n) is 13.3. The quantitative estimate of drug-likeness (QED) is 0.802. The normalized spacial score (nSPS) is 10.3. The minimum absolute atomic E-state index is 0.161. The Hall–Kier alpha value is -2.43. The average Bonchev–Trinajstić information content (AvgIpc) is 2.49. The van der Waals surface area contributed by atoms with Crippen LogP contribution >= 0.6 is 0 Å². The summed E-state index contributed by atoms with van der Waals surface area (Å²) >= 11 is 0. The number of nitrogens with one attached hydrogen (secondary N) is 2. The van der Waals surface area contributed by atoms with Crippen molar-refractivity contribution < 1.29 is 4.79 Å². The van der Waals surface area contributed by atoms with E-state index < -0.39 is 0 Å². The summed E-state index contributed by atoms with van der Waals surface area (Å²) in [7, 11) is 0. The summed E-state index contributed by atoms with van der Waals surface area (Å²) in [5, 5.41) is 6.00. The summed E-state index contributed by atoms with van der Waals surface area (Å²) in [5.41, 5.74) is 3.23. The highest BCUT2D eigenvalue weighted by Gasteiger charge is 2.10. The molecule has 5 heteroatoms. The number of unbranched alkanes of at least 4 members (excludes halogenated alkanes) is 1. The summed E-state index contributed by atoms with van der Waals surface area (Å²) < 4.78 is 0. The smallest absolute Gasteiger partial charge is 0.270 e. The molecular formula is C17H22N4O. The number of amides is 1. The first kappa shape index (κ1) is 15.9. The maximum absolute atomic E-state index is 12.1. The number of anilines is 2. The van der Waals surface area contributed by atoms with E-state index in [0.717, 1.165) is 24.2 Å². The van der Waals surface area contributed by atoms with Crippen molar-refractivity contribution in [3.63, 3.8) is 0 Å². The number of hydrogen-bond acceptors (Lipinski definition) is 4. The third-order valence-electron chi connectivity index (χ3n) is 3.21. The molecule has 5 nitrogen and oxygen atoms in total. The summed E-state index contributed by atoms with van der Waals surface area (Å²) in [6.45, 7) is 6.64. The van der Waals surface area contributed by atoms with Crippen LogP contribution in [0.3, 0.4) is 0 Å². The van der Waals surface area contributed by atoms with E-state index in [2.05, 4.69) is 27.5 Å². The molecule has 0 aliphatic carbocycles. The van der Waals surface area contributed by atoms with Crippen molar-refractivity contribution in [2.75, 3.05) is 11.9 Å². The lowest BCUT2D eigenvalue weighted by Gasteiger charge is -2.09. The van der Waals surface area contributed by atoms with Gasteiger partial charge in [-0.2, -0.15) is 0 Å². The lowest BCUT2D eigenvalue weighted by molar-refractivity contribution is 0.0948. The second kappa shape index (κ2) is 7.54. The molecule has 1 aromatic heterocycles. The molecule has 2 aromatic rings. The van der Waals surface area contributed by atoms with Crippen LogP contribution in [-0.4, -0.2) is 22.4 Å². The molecule has 0 atom stereocenters. The van der Waals surface area contributed by atoms with E-state index in [1.807, 2.05) is 38.1 Å². The Kier molecular flexibility index (Phi) is 5.47. The maximum atomic E-state index is 12.1. The van der Waals surface area contributed by atoms with Crippen molar-refractivity contribution in [1.82, 2.24) is 15.3 Å². The fourth-order valence-corrected chi connectivity index (χ4v) is 1.98. The Balaban J connectivity index is 2.12. The molecule has 2 rings (SSSR count). The molecule has 22 heavy (non-hydrogen) atoms. The van der Waals surface area contributed by atoms with Crippen molar-refractivity contribution in [3.8, 4) is 0 Å². The lowest BCUT2D eigenvalue weighted by Crippen LogP contribution is -2.25. The summed E-state index contributed by atoms with van der Waals surface area (Å²) in [4.78, 5) is 20.7. The van der Waals surface area contributed by atoms with E-state index in [-0.39, 0.29) is 5.91 Å². The third kappa shape index (κ3) is 4.55. The van der Waals surface area contributed by atoms with Gasteiger partial charge in [-0.05, 0) is 38.5 Å². The van der Waals surface area contributed by atoms with Gasteiger partial charge in [0, 0.05) is 17.9 Å². The first-order chi connectivity index (χ1) is 10.6. The monoisotopic (exact) mass is 298 g/mol. The second-order valence-corrected chi connectivity index (χ2v) is 5.32. The van der Waals surface area contributed by atoms with Gasteiger partial charge in [-0.25, -0.2) is 9.97 Å². The van der Waals surface area contributed by atoms with Gasteiger partial charge < -0.3 is 10.6 Å². The van der Waals surface area contributed by atoms with Crippen molar-refractivity contribution in [2.45, 2.75) is 33.6 Å². The second-order valence-electron chi connectivity index (χ2n) is 5.32. The van der Waals surface area contributed by atoms with Crippen LogP contribution in [0.4, 0.5) is 11.6 Å². The zero-order chi connectivity index (χ0) is 15.9. The van der Waals surface area contributed by atoms with E-state index in [1.165, 1.54) is 5.56 Å². The minimum atomic E-state index is -0.161. The molecule has 116 valence electrons. The topological polar surface area (TPSA) is 66.9 Å². The molecule has 0 aliphatic heterocycles. The van der Waals surface area contributed by atoms with Gasteiger partial charge in [-0.1, -0.05) is 31.0 Å². The summed E-state index contributed by atoms with van der Waals surface area (Å²) in [6.07, 6.45) is 2.01. The van der Waals surface area contributed by atoms with E-state index in [0.29, 0.717) is 18.2 Å². The van der Waals surface area contributed by atoms with E-state index in [9.17, 15) is 4.79 Å². The Morgan fingerprint density at radius 2 is 1.86 bits per heavy atom. The van der Waals surface area contributed by atoms with Crippen molar-refractivity contribution in [3.05, 3.63) is 47.3 Å². The molecule has 2 N–H and O–H groups in total. The first-order valence-electron chi connectivity index (χ1n) is 7.56. The predicted octanol–water partition coefficient (Wildman–Crippen LogP) is 3.37. The van der Waals surface area contributed by atoms with Gasteiger partial charge in [0.2, 0.25) is 5.95 Å². The third-order valence-corrected chi connectivity index (χ3v) is 3.21. The van der Waals surface area contributed by atoms with Crippen LogP contribution in [-0.2, 0) is 0 Å². The SMILES string of the molecule is CCCCNC(=O)c1cc(C)nc(Nc2ccc(C)cc2)n1.